The van der Waals surface area contributed by atoms with Gasteiger partial charge in [-0.05, 0) is 30.5 Å². The number of rotatable bonds is 3. The van der Waals surface area contributed by atoms with Crippen molar-refractivity contribution in [2.75, 3.05) is 14.2 Å². The van der Waals surface area contributed by atoms with Crippen LogP contribution < -0.4 is 4.74 Å². The van der Waals surface area contributed by atoms with Crippen LogP contribution >= 0.6 is 0 Å². The van der Waals surface area contributed by atoms with Crippen molar-refractivity contribution in [2.24, 2.45) is 0 Å². The highest BCUT2D eigenvalue weighted by atomic mass is 16.5. The first-order chi connectivity index (χ1) is 8.26. The third-order valence-corrected chi connectivity index (χ3v) is 3.00. The number of hydrogen-bond donors (Lipinski definition) is 0. The van der Waals surface area contributed by atoms with Crippen LogP contribution in [-0.2, 0) is 9.53 Å². The van der Waals surface area contributed by atoms with Crippen molar-refractivity contribution in [3.63, 3.8) is 0 Å². The molecule has 0 radical (unpaired) electrons. The Morgan fingerprint density at radius 1 is 1.00 bits per heavy atom. The van der Waals surface area contributed by atoms with Crippen LogP contribution in [-0.4, -0.2) is 20.0 Å². The Morgan fingerprint density at radius 2 is 1.71 bits per heavy atom. The second kappa shape index (κ2) is 5.04. The van der Waals surface area contributed by atoms with Crippen LogP contribution in [0.2, 0.25) is 0 Å². The fourth-order valence-electron chi connectivity index (χ4n) is 2.13. The summed E-state index contributed by atoms with van der Waals surface area (Å²) >= 11 is 0. The van der Waals surface area contributed by atoms with Crippen molar-refractivity contribution in [3.05, 3.63) is 35.6 Å². The van der Waals surface area contributed by atoms with E-state index in [0.717, 1.165) is 29.7 Å². The lowest BCUT2D eigenvalue weighted by atomic mass is 9.91. The second-order valence-electron chi connectivity index (χ2n) is 4.02. The summed E-state index contributed by atoms with van der Waals surface area (Å²) in [6, 6.07) is 7.72. The SMILES string of the molecule is COC1=C(c2ccc(OC)cc2)CCCC1=O. The lowest BCUT2D eigenvalue weighted by Gasteiger charge is -2.18. The van der Waals surface area contributed by atoms with E-state index in [-0.39, 0.29) is 5.78 Å². The van der Waals surface area contributed by atoms with Crippen LogP contribution in [0.3, 0.4) is 0 Å². The van der Waals surface area contributed by atoms with Gasteiger partial charge in [0.05, 0.1) is 14.2 Å². The number of methoxy groups -OCH3 is 2. The summed E-state index contributed by atoms with van der Waals surface area (Å²) in [6.45, 7) is 0. The van der Waals surface area contributed by atoms with Gasteiger partial charge in [0.15, 0.2) is 11.5 Å². The summed E-state index contributed by atoms with van der Waals surface area (Å²) in [5, 5.41) is 0. The third-order valence-electron chi connectivity index (χ3n) is 3.00. The summed E-state index contributed by atoms with van der Waals surface area (Å²) < 4.78 is 10.3. The van der Waals surface area contributed by atoms with Crippen molar-refractivity contribution in [3.8, 4) is 5.75 Å². The summed E-state index contributed by atoms with van der Waals surface area (Å²) in [4.78, 5) is 11.7. The molecule has 0 heterocycles. The van der Waals surface area contributed by atoms with E-state index in [2.05, 4.69) is 0 Å². The minimum absolute atomic E-state index is 0.101. The van der Waals surface area contributed by atoms with Gasteiger partial charge in [-0.3, -0.25) is 4.79 Å². The van der Waals surface area contributed by atoms with Crippen LogP contribution in [0.5, 0.6) is 5.75 Å². The summed E-state index contributed by atoms with van der Waals surface area (Å²) in [6.07, 6.45) is 2.37. The highest BCUT2D eigenvalue weighted by Gasteiger charge is 2.22. The van der Waals surface area contributed by atoms with Gasteiger partial charge >= 0.3 is 0 Å². The molecule has 0 fully saturated rings. The van der Waals surface area contributed by atoms with E-state index in [1.54, 1.807) is 14.2 Å². The highest BCUT2D eigenvalue weighted by Crippen LogP contribution is 2.31. The van der Waals surface area contributed by atoms with Crippen molar-refractivity contribution < 1.29 is 14.3 Å². The molecule has 3 nitrogen and oxygen atoms in total. The Balaban J connectivity index is 2.39. The molecule has 1 aliphatic rings. The average Bonchev–Trinajstić information content (AvgIpc) is 2.38. The molecule has 0 saturated carbocycles. The second-order valence-corrected chi connectivity index (χ2v) is 4.02. The maximum atomic E-state index is 11.7. The van der Waals surface area contributed by atoms with Gasteiger partial charge in [-0.2, -0.15) is 0 Å². The van der Waals surface area contributed by atoms with Crippen molar-refractivity contribution in [1.29, 1.82) is 0 Å². The summed E-state index contributed by atoms with van der Waals surface area (Å²) in [5.74, 6) is 1.43. The molecule has 1 aromatic rings. The van der Waals surface area contributed by atoms with Gasteiger partial charge < -0.3 is 9.47 Å². The van der Waals surface area contributed by atoms with Gasteiger partial charge in [-0.25, -0.2) is 0 Å². The monoisotopic (exact) mass is 232 g/mol. The first kappa shape index (κ1) is 11.7. The molecule has 0 aromatic heterocycles. The highest BCUT2D eigenvalue weighted by molar-refractivity contribution is 6.02. The van der Waals surface area contributed by atoms with Gasteiger partial charge in [0, 0.05) is 12.0 Å². The van der Waals surface area contributed by atoms with Crippen LogP contribution in [0.1, 0.15) is 24.8 Å². The minimum Gasteiger partial charge on any atom is -0.497 e. The number of Topliss-reactive ketones (excluding diaryl/α,β-unsaturated/α-hetero) is 1. The fraction of sp³-hybridized carbons (Fsp3) is 0.357. The number of hydrogen-bond acceptors (Lipinski definition) is 3. The molecule has 0 atom stereocenters. The molecule has 0 N–H and O–H groups in total. The van der Waals surface area contributed by atoms with Crippen LogP contribution in [0.15, 0.2) is 30.0 Å². The van der Waals surface area contributed by atoms with Crippen molar-refractivity contribution in [1.82, 2.24) is 0 Å². The quantitative estimate of drug-likeness (QED) is 0.803. The molecule has 3 heteroatoms. The first-order valence-electron chi connectivity index (χ1n) is 5.71. The maximum Gasteiger partial charge on any atom is 0.197 e. The zero-order chi connectivity index (χ0) is 12.3. The van der Waals surface area contributed by atoms with Crippen molar-refractivity contribution >= 4 is 11.4 Å². The van der Waals surface area contributed by atoms with E-state index in [9.17, 15) is 4.79 Å². The average molecular weight is 232 g/mol. The minimum atomic E-state index is 0.101. The zero-order valence-corrected chi connectivity index (χ0v) is 10.2. The Hall–Kier alpha value is -1.77. The molecule has 17 heavy (non-hydrogen) atoms. The number of ether oxygens (including phenoxy) is 2. The largest absolute Gasteiger partial charge is 0.497 e. The van der Waals surface area contributed by atoms with Gasteiger partial charge in [-0.15, -0.1) is 0 Å². The molecule has 1 aliphatic carbocycles. The van der Waals surface area contributed by atoms with E-state index in [1.807, 2.05) is 24.3 Å². The number of benzene rings is 1. The van der Waals surface area contributed by atoms with Crippen molar-refractivity contribution in [2.45, 2.75) is 19.3 Å². The zero-order valence-electron chi connectivity index (χ0n) is 10.2. The molecule has 90 valence electrons. The molecular weight excluding hydrogens is 216 g/mol. The van der Waals surface area contributed by atoms with E-state index in [1.165, 1.54) is 0 Å². The molecule has 0 amide bonds. The lowest BCUT2D eigenvalue weighted by Crippen LogP contribution is -2.12. The van der Waals surface area contributed by atoms with Crippen LogP contribution in [0, 0.1) is 0 Å². The number of carbonyl (C=O) groups excluding carboxylic acids is 1. The van der Waals surface area contributed by atoms with E-state index in [4.69, 9.17) is 9.47 Å². The molecule has 0 saturated heterocycles. The predicted molar refractivity (Wildman–Crippen MR) is 65.8 cm³/mol. The molecule has 0 aliphatic heterocycles. The first-order valence-corrected chi connectivity index (χ1v) is 5.71. The Morgan fingerprint density at radius 3 is 2.29 bits per heavy atom. The number of allylic oxidation sites excluding steroid dienone is 2. The Labute approximate surface area is 101 Å². The third kappa shape index (κ3) is 2.33. The lowest BCUT2D eigenvalue weighted by molar-refractivity contribution is -0.118. The fourth-order valence-corrected chi connectivity index (χ4v) is 2.13. The van der Waals surface area contributed by atoms with Crippen LogP contribution in [0.4, 0.5) is 0 Å². The maximum absolute atomic E-state index is 11.7. The molecule has 0 spiro atoms. The molecular formula is C14H16O3. The Bertz CT molecular complexity index is 443. The van der Waals surface area contributed by atoms with E-state index in [0.29, 0.717) is 12.2 Å². The van der Waals surface area contributed by atoms with Gasteiger partial charge in [0.1, 0.15) is 5.75 Å². The van der Waals surface area contributed by atoms with Crippen LogP contribution in [0.25, 0.3) is 5.57 Å². The Kier molecular flexibility index (Phi) is 3.47. The van der Waals surface area contributed by atoms with Gasteiger partial charge in [0.25, 0.3) is 0 Å². The van der Waals surface area contributed by atoms with Gasteiger partial charge in [-0.1, -0.05) is 12.1 Å². The van der Waals surface area contributed by atoms with Gasteiger partial charge in [0.2, 0.25) is 0 Å². The van der Waals surface area contributed by atoms with E-state index >= 15 is 0 Å². The van der Waals surface area contributed by atoms with E-state index < -0.39 is 0 Å². The standard InChI is InChI=1S/C14H16O3/c1-16-11-8-6-10(7-9-11)12-4-3-5-13(15)14(12)17-2/h6-9H,3-5H2,1-2H3. The molecule has 1 aromatic carbocycles. The molecule has 0 unspecified atom stereocenters. The summed E-state index contributed by atoms with van der Waals surface area (Å²) in [5.41, 5.74) is 2.04. The normalized spacial score (nSPS) is 16.0. The topological polar surface area (TPSA) is 35.5 Å². The summed E-state index contributed by atoms with van der Waals surface area (Å²) in [7, 11) is 3.20. The number of carbonyl (C=O) groups is 1. The number of ketones is 1. The molecule has 0 bridgehead atoms. The molecule has 2 rings (SSSR count). The predicted octanol–water partition coefficient (Wildman–Crippen LogP) is 2.81. The smallest absolute Gasteiger partial charge is 0.197 e.